The molecule has 8 nitrogen and oxygen atoms in total. The zero-order chi connectivity index (χ0) is 28.1. The topological polar surface area (TPSA) is 92.9 Å². The first-order valence-electron chi connectivity index (χ1n) is 13.7. The van der Waals surface area contributed by atoms with E-state index in [1.54, 1.807) is 30.5 Å². The van der Waals surface area contributed by atoms with Crippen molar-refractivity contribution in [2.45, 2.75) is 55.8 Å². The molecule has 4 rings (SSSR count). The molecule has 2 aromatic carbocycles. The van der Waals surface area contributed by atoms with Crippen molar-refractivity contribution in [3.05, 3.63) is 83.6 Å². The van der Waals surface area contributed by atoms with E-state index in [2.05, 4.69) is 19.1 Å². The second-order valence-electron chi connectivity index (χ2n) is 11.4. The van der Waals surface area contributed by atoms with Gasteiger partial charge in [0.2, 0.25) is 15.9 Å². The third-order valence-electron chi connectivity index (χ3n) is 7.68. The highest BCUT2D eigenvalue weighted by Crippen LogP contribution is 2.43. The zero-order valence-electron chi connectivity index (χ0n) is 23.9. The van der Waals surface area contributed by atoms with E-state index in [1.807, 2.05) is 30.3 Å². The molecular weight excluding hydrogens is 594 g/mol. The lowest BCUT2D eigenvalue weighted by Crippen LogP contribution is -3.00. The maximum atomic E-state index is 12.2. The van der Waals surface area contributed by atoms with E-state index in [0.717, 1.165) is 49.1 Å². The van der Waals surface area contributed by atoms with Gasteiger partial charge in [-0.15, -0.1) is 0 Å². The van der Waals surface area contributed by atoms with Crippen LogP contribution in [0.4, 0.5) is 0 Å². The minimum absolute atomic E-state index is 0. The summed E-state index contributed by atoms with van der Waals surface area (Å²) >= 11 is 0. The molecule has 1 aliphatic rings. The van der Waals surface area contributed by atoms with Crippen molar-refractivity contribution in [1.82, 2.24) is 9.29 Å². The van der Waals surface area contributed by atoms with Crippen molar-refractivity contribution in [2.24, 2.45) is 5.92 Å². The molecule has 0 aliphatic heterocycles. The molecule has 1 fully saturated rings. The fraction of sp³-hybridized carbons (Fsp3) is 0.500. The normalized spacial score (nSPS) is 16.4. The fourth-order valence-corrected chi connectivity index (χ4v) is 6.18. The molecule has 40 heavy (non-hydrogen) atoms. The summed E-state index contributed by atoms with van der Waals surface area (Å²) in [5, 5.41) is 12.0. The van der Waals surface area contributed by atoms with Gasteiger partial charge in [-0.25, -0.2) is 17.7 Å². The molecule has 1 atom stereocenters. The van der Waals surface area contributed by atoms with Gasteiger partial charge >= 0.3 is 0 Å². The molecular formula is C30H42BrN3O5S. The Bertz CT molecular complexity index is 1310. The van der Waals surface area contributed by atoms with Crippen LogP contribution in [0.3, 0.4) is 0 Å². The molecule has 10 heteroatoms. The Hall–Kier alpha value is -2.08. The van der Waals surface area contributed by atoms with E-state index < -0.39 is 15.6 Å². The number of oxazole rings is 1. The number of rotatable bonds is 12. The number of benzene rings is 2. The van der Waals surface area contributed by atoms with Crippen molar-refractivity contribution in [1.29, 1.82) is 0 Å². The molecule has 1 N–H and O–H groups in total. The zero-order valence-corrected chi connectivity index (χ0v) is 26.3. The first kappa shape index (κ1) is 32.4. The van der Waals surface area contributed by atoms with Gasteiger partial charge in [-0.1, -0.05) is 61.7 Å². The van der Waals surface area contributed by atoms with E-state index >= 15 is 0 Å². The summed E-state index contributed by atoms with van der Waals surface area (Å²) < 4.78 is 38.5. The average molecular weight is 637 g/mol. The summed E-state index contributed by atoms with van der Waals surface area (Å²) in [7, 11) is 3.82. The largest absolute Gasteiger partial charge is 1.00 e. The van der Waals surface area contributed by atoms with Crippen LogP contribution in [-0.2, 0) is 33.5 Å². The molecule has 0 bridgehead atoms. The summed E-state index contributed by atoms with van der Waals surface area (Å²) in [5.41, 5.74) is 0.516. The molecule has 1 aromatic heterocycles. The molecule has 220 valence electrons. The number of nitrogens with zero attached hydrogens (tertiary/aromatic N) is 3. The molecule has 0 amide bonds. The van der Waals surface area contributed by atoms with E-state index in [-0.39, 0.29) is 27.8 Å². The van der Waals surface area contributed by atoms with Crippen LogP contribution in [-0.4, -0.2) is 68.6 Å². The molecule has 1 saturated carbocycles. The van der Waals surface area contributed by atoms with Crippen LogP contribution in [0.2, 0.25) is 0 Å². The minimum Gasteiger partial charge on any atom is -1.00 e. The standard InChI is InChI=1S/C30H42N3O5S.BrH/c1-32(2)39(35,36)28-17-15-24(16-18-28)23-37-20-19-33(3,4)22-27-21-31-29(38-27)30(34,25-11-7-5-8-12-25)26-13-9-6-10-14-26;/h5,7-8,11-12,15-18,21,26,34H,6,9-10,13-14,19-20,22-23H2,1-4H3;1H/q+1;/p-1/t30-;/m0./s1. The maximum absolute atomic E-state index is 12.2. The maximum Gasteiger partial charge on any atom is 0.242 e. The predicted octanol–water partition coefficient (Wildman–Crippen LogP) is 1.54. The second-order valence-corrected chi connectivity index (χ2v) is 13.6. The third-order valence-corrected chi connectivity index (χ3v) is 9.51. The van der Waals surface area contributed by atoms with Crippen LogP contribution in [0.5, 0.6) is 0 Å². The van der Waals surface area contributed by atoms with Gasteiger partial charge in [-0.2, -0.15) is 0 Å². The number of hydrogen-bond donors (Lipinski definition) is 1. The third kappa shape index (κ3) is 7.60. The summed E-state index contributed by atoms with van der Waals surface area (Å²) in [6.07, 6.45) is 7.07. The van der Waals surface area contributed by atoms with Gasteiger partial charge < -0.3 is 35.7 Å². The smallest absolute Gasteiger partial charge is 0.242 e. The van der Waals surface area contributed by atoms with Gasteiger partial charge in [0, 0.05) is 20.0 Å². The van der Waals surface area contributed by atoms with Gasteiger partial charge in [0.05, 0.1) is 38.4 Å². The fourth-order valence-electron chi connectivity index (χ4n) is 5.27. The Labute approximate surface area is 249 Å². The minimum atomic E-state index is -3.44. The lowest BCUT2D eigenvalue weighted by Gasteiger charge is -2.36. The Balaban J connectivity index is 0.00000441. The van der Waals surface area contributed by atoms with Crippen LogP contribution in [0.15, 0.2) is 70.1 Å². The Kier molecular flexibility index (Phi) is 11.1. The first-order chi connectivity index (χ1) is 18.5. The molecule has 0 spiro atoms. The first-order valence-corrected chi connectivity index (χ1v) is 15.1. The molecule has 1 heterocycles. The van der Waals surface area contributed by atoms with Crippen LogP contribution in [0, 0.1) is 5.92 Å². The second kappa shape index (κ2) is 13.7. The summed E-state index contributed by atoms with van der Waals surface area (Å²) in [6.45, 7) is 2.29. The van der Waals surface area contributed by atoms with Crippen molar-refractivity contribution >= 4 is 10.0 Å². The Morgan fingerprint density at radius 3 is 2.33 bits per heavy atom. The van der Waals surface area contributed by atoms with E-state index in [1.165, 1.54) is 24.8 Å². The summed E-state index contributed by atoms with van der Waals surface area (Å²) in [6, 6.07) is 16.6. The Morgan fingerprint density at radius 2 is 1.70 bits per heavy atom. The highest BCUT2D eigenvalue weighted by Gasteiger charge is 2.44. The highest BCUT2D eigenvalue weighted by molar-refractivity contribution is 7.89. The number of halogens is 1. The van der Waals surface area contributed by atoms with Crippen molar-refractivity contribution in [3.63, 3.8) is 0 Å². The van der Waals surface area contributed by atoms with Gasteiger partial charge in [-0.3, -0.25) is 0 Å². The molecule has 3 aromatic rings. The number of ether oxygens (including phenoxy) is 1. The van der Waals surface area contributed by atoms with Crippen LogP contribution >= 0.6 is 0 Å². The van der Waals surface area contributed by atoms with Gasteiger partial charge in [0.1, 0.15) is 13.1 Å². The van der Waals surface area contributed by atoms with Crippen molar-refractivity contribution in [2.75, 3.05) is 41.3 Å². The van der Waals surface area contributed by atoms with Gasteiger partial charge in [-0.05, 0) is 36.1 Å². The average Bonchev–Trinajstić information content (AvgIpc) is 3.40. The van der Waals surface area contributed by atoms with E-state index in [4.69, 9.17) is 9.15 Å². The number of likely N-dealkylation sites (N-methyl/N-ethyl adjacent to an activating group) is 1. The van der Waals surface area contributed by atoms with Crippen molar-refractivity contribution < 1.29 is 44.1 Å². The molecule has 0 saturated heterocycles. The lowest BCUT2D eigenvalue weighted by molar-refractivity contribution is -0.905. The van der Waals surface area contributed by atoms with Crippen LogP contribution in [0.25, 0.3) is 0 Å². The summed E-state index contributed by atoms with van der Waals surface area (Å²) in [4.78, 5) is 4.86. The van der Waals surface area contributed by atoms with Gasteiger partial charge in [0.25, 0.3) is 0 Å². The summed E-state index contributed by atoms with van der Waals surface area (Å²) in [5.74, 6) is 1.19. The number of aromatic nitrogens is 1. The molecule has 1 aliphatic carbocycles. The Morgan fingerprint density at radius 1 is 1.05 bits per heavy atom. The van der Waals surface area contributed by atoms with E-state index in [9.17, 15) is 13.5 Å². The lowest BCUT2D eigenvalue weighted by atomic mass is 9.73. The van der Waals surface area contributed by atoms with Crippen LogP contribution < -0.4 is 17.0 Å². The SMILES string of the molecule is CN(C)S(=O)(=O)c1ccc(COCC[N+](C)(C)Cc2cnc([C@](O)(c3ccccc3)C3CCCCC3)o2)cc1.[Br-]. The van der Waals surface area contributed by atoms with Crippen LogP contribution in [0.1, 0.15) is 54.9 Å². The predicted molar refractivity (Wildman–Crippen MR) is 150 cm³/mol. The van der Waals surface area contributed by atoms with Crippen molar-refractivity contribution in [3.8, 4) is 0 Å². The molecule has 0 radical (unpaired) electrons. The molecule has 0 unspecified atom stereocenters. The highest BCUT2D eigenvalue weighted by atomic mass is 79.9. The quantitative estimate of drug-likeness (QED) is 0.240. The number of aliphatic hydroxyl groups is 1. The number of sulfonamides is 1. The van der Waals surface area contributed by atoms with E-state index in [0.29, 0.717) is 30.1 Å². The van der Waals surface area contributed by atoms with Gasteiger partial charge in [0.15, 0.2) is 11.4 Å². The number of hydrogen-bond acceptors (Lipinski definition) is 6. The monoisotopic (exact) mass is 635 g/mol. The number of quaternary nitrogens is 1.